The molecule has 2 aromatic heterocycles. The first-order valence-electron chi connectivity index (χ1n) is 8.40. The van der Waals surface area contributed by atoms with Gasteiger partial charge in [0.15, 0.2) is 0 Å². The molecule has 0 unspecified atom stereocenters. The van der Waals surface area contributed by atoms with E-state index in [2.05, 4.69) is 15.0 Å². The molecular formula is C17H24N4O3. The molecule has 1 fully saturated rings. The van der Waals surface area contributed by atoms with Crippen LogP contribution in [-0.4, -0.2) is 70.3 Å². The van der Waals surface area contributed by atoms with E-state index in [0.717, 1.165) is 18.8 Å². The summed E-state index contributed by atoms with van der Waals surface area (Å²) in [5, 5.41) is 13.7. The van der Waals surface area contributed by atoms with Gasteiger partial charge < -0.3 is 14.5 Å². The Morgan fingerprint density at radius 2 is 2.04 bits per heavy atom. The summed E-state index contributed by atoms with van der Waals surface area (Å²) in [7, 11) is 0. The minimum absolute atomic E-state index is 0.000696. The zero-order valence-corrected chi connectivity index (χ0v) is 14.4. The van der Waals surface area contributed by atoms with Gasteiger partial charge in [-0.3, -0.25) is 9.69 Å². The van der Waals surface area contributed by atoms with E-state index in [9.17, 15) is 4.79 Å². The number of β-amino-alcohol motifs (C(OH)–C–C–N with tert-alkyl or cyclic N) is 1. The number of fused-ring (bicyclic) bond motifs is 1. The molecular weight excluding hydrogens is 308 g/mol. The highest BCUT2D eigenvalue weighted by Gasteiger charge is 2.26. The molecule has 0 aliphatic carbocycles. The molecule has 3 heterocycles. The second-order valence-corrected chi connectivity index (χ2v) is 6.55. The van der Waals surface area contributed by atoms with Crippen LogP contribution in [0.4, 0.5) is 0 Å². The van der Waals surface area contributed by atoms with Crippen LogP contribution < -0.4 is 0 Å². The largest absolute Gasteiger partial charge is 0.395 e. The normalized spacial score (nSPS) is 16.3. The second kappa shape index (κ2) is 6.86. The average molecular weight is 332 g/mol. The Morgan fingerprint density at radius 1 is 1.33 bits per heavy atom. The van der Waals surface area contributed by atoms with Gasteiger partial charge in [-0.15, -0.1) is 0 Å². The van der Waals surface area contributed by atoms with Gasteiger partial charge in [-0.1, -0.05) is 19.0 Å². The summed E-state index contributed by atoms with van der Waals surface area (Å²) in [6.07, 6.45) is 0. The summed E-state index contributed by atoms with van der Waals surface area (Å²) in [5.74, 6) is 0.201. The molecule has 0 atom stereocenters. The number of carbonyl (C=O) groups is 1. The van der Waals surface area contributed by atoms with Crippen LogP contribution in [-0.2, 0) is 0 Å². The molecule has 130 valence electrons. The van der Waals surface area contributed by atoms with E-state index >= 15 is 0 Å². The third kappa shape index (κ3) is 3.14. The first-order valence-corrected chi connectivity index (χ1v) is 8.40. The third-order valence-electron chi connectivity index (χ3n) is 4.53. The van der Waals surface area contributed by atoms with Crippen LogP contribution in [0.15, 0.2) is 10.6 Å². The number of aromatic nitrogens is 2. The first kappa shape index (κ1) is 16.9. The number of aliphatic hydroxyl groups excluding tert-OH is 1. The highest BCUT2D eigenvalue weighted by Crippen LogP contribution is 2.26. The first-order chi connectivity index (χ1) is 11.5. The standard InChI is InChI=1S/C17H24N4O3/c1-11(2)14-10-13(15-12(3)19-24-16(15)18-14)17(23)21-6-4-20(5-7-21)8-9-22/h10-11,22H,4-9H2,1-3H3. The summed E-state index contributed by atoms with van der Waals surface area (Å²) in [4.78, 5) is 21.6. The van der Waals surface area contributed by atoms with Crippen molar-refractivity contribution in [1.82, 2.24) is 19.9 Å². The fourth-order valence-electron chi connectivity index (χ4n) is 3.06. The lowest BCUT2D eigenvalue weighted by Crippen LogP contribution is -2.49. The van der Waals surface area contributed by atoms with E-state index in [0.29, 0.717) is 42.0 Å². The number of aryl methyl sites for hydroxylation is 1. The number of carbonyl (C=O) groups excluding carboxylic acids is 1. The third-order valence-corrected chi connectivity index (χ3v) is 4.53. The van der Waals surface area contributed by atoms with Crippen LogP contribution in [0.25, 0.3) is 11.1 Å². The fraction of sp³-hybridized carbons (Fsp3) is 0.588. The molecule has 1 aliphatic heterocycles. The fourth-order valence-corrected chi connectivity index (χ4v) is 3.06. The molecule has 24 heavy (non-hydrogen) atoms. The topological polar surface area (TPSA) is 82.7 Å². The lowest BCUT2D eigenvalue weighted by Gasteiger charge is -2.34. The summed E-state index contributed by atoms with van der Waals surface area (Å²) in [5.41, 5.74) is 2.58. The van der Waals surface area contributed by atoms with Gasteiger partial charge in [-0.05, 0) is 18.9 Å². The predicted octanol–water partition coefficient (Wildman–Crippen LogP) is 1.40. The van der Waals surface area contributed by atoms with Crippen LogP contribution in [0.5, 0.6) is 0 Å². The van der Waals surface area contributed by atoms with Crippen LogP contribution in [0.2, 0.25) is 0 Å². The number of hydrogen-bond donors (Lipinski definition) is 1. The van der Waals surface area contributed by atoms with E-state index in [4.69, 9.17) is 9.63 Å². The molecule has 2 aromatic rings. The van der Waals surface area contributed by atoms with Gasteiger partial charge in [0, 0.05) is 38.4 Å². The lowest BCUT2D eigenvalue weighted by atomic mass is 10.0. The maximum Gasteiger partial charge on any atom is 0.259 e. The lowest BCUT2D eigenvalue weighted by molar-refractivity contribution is 0.0616. The highest BCUT2D eigenvalue weighted by molar-refractivity contribution is 6.06. The van der Waals surface area contributed by atoms with Crippen LogP contribution in [0.1, 0.15) is 41.5 Å². The van der Waals surface area contributed by atoms with E-state index in [1.807, 2.05) is 31.7 Å². The van der Waals surface area contributed by atoms with Gasteiger partial charge in [-0.2, -0.15) is 0 Å². The van der Waals surface area contributed by atoms with Crippen molar-refractivity contribution in [2.24, 2.45) is 0 Å². The van der Waals surface area contributed by atoms with E-state index in [1.165, 1.54) is 0 Å². The monoisotopic (exact) mass is 332 g/mol. The molecule has 0 radical (unpaired) electrons. The van der Waals surface area contributed by atoms with Crippen molar-refractivity contribution in [2.45, 2.75) is 26.7 Å². The summed E-state index contributed by atoms with van der Waals surface area (Å²) >= 11 is 0. The number of rotatable bonds is 4. The Hall–Kier alpha value is -1.99. The number of hydrogen-bond acceptors (Lipinski definition) is 6. The molecule has 1 amide bonds. The van der Waals surface area contributed by atoms with Crippen LogP contribution >= 0.6 is 0 Å². The molecule has 1 aliphatic rings. The van der Waals surface area contributed by atoms with Crippen molar-refractivity contribution in [3.05, 3.63) is 23.0 Å². The van der Waals surface area contributed by atoms with Crippen molar-refractivity contribution >= 4 is 17.0 Å². The molecule has 0 aromatic carbocycles. The maximum atomic E-state index is 13.1. The molecule has 7 nitrogen and oxygen atoms in total. The summed E-state index contributed by atoms with van der Waals surface area (Å²) in [6.45, 7) is 9.59. The number of aliphatic hydroxyl groups is 1. The number of pyridine rings is 1. The Morgan fingerprint density at radius 3 is 2.67 bits per heavy atom. The van der Waals surface area contributed by atoms with Crippen molar-refractivity contribution in [3.63, 3.8) is 0 Å². The molecule has 1 N–H and O–H groups in total. The Labute approximate surface area is 141 Å². The maximum absolute atomic E-state index is 13.1. The molecule has 7 heteroatoms. The quantitative estimate of drug-likeness (QED) is 0.911. The summed E-state index contributed by atoms with van der Waals surface area (Å²) in [6, 6.07) is 1.87. The van der Waals surface area contributed by atoms with E-state index in [-0.39, 0.29) is 18.4 Å². The second-order valence-electron chi connectivity index (χ2n) is 6.55. The Balaban J connectivity index is 1.90. The summed E-state index contributed by atoms with van der Waals surface area (Å²) < 4.78 is 5.30. The van der Waals surface area contributed by atoms with E-state index in [1.54, 1.807) is 0 Å². The van der Waals surface area contributed by atoms with Crippen molar-refractivity contribution < 1.29 is 14.4 Å². The highest BCUT2D eigenvalue weighted by atomic mass is 16.5. The van der Waals surface area contributed by atoms with Gasteiger partial charge in [0.1, 0.15) is 0 Å². The SMILES string of the molecule is Cc1noc2nc(C(C)C)cc(C(=O)N3CCN(CCO)CC3)c12. The molecule has 0 saturated carbocycles. The van der Waals surface area contributed by atoms with Crippen LogP contribution in [0.3, 0.4) is 0 Å². The smallest absolute Gasteiger partial charge is 0.259 e. The average Bonchev–Trinajstić information content (AvgIpc) is 2.96. The van der Waals surface area contributed by atoms with Gasteiger partial charge in [-0.25, -0.2) is 4.98 Å². The number of amides is 1. The van der Waals surface area contributed by atoms with Gasteiger partial charge in [0.25, 0.3) is 11.6 Å². The molecule has 3 rings (SSSR count). The van der Waals surface area contributed by atoms with Crippen molar-refractivity contribution in [2.75, 3.05) is 39.3 Å². The zero-order chi connectivity index (χ0) is 17.3. The Bertz CT molecular complexity index is 733. The van der Waals surface area contributed by atoms with Crippen molar-refractivity contribution in [1.29, 1.82) is 0 Å². The minimum Gasteiger partial charge on any atom is -0.395 e. The zero-order valence-electron chi connectivity index (χ0n) is 14.4. The van der Waals surface area contributed by atoms with Crippen LogP contribution in [0, 0.1) is 6.92 Å². The number of nitrogens with zero attached hydrogens (tertiary/aromatic N) is 4. The Kier molecular flexibility index (Phi) is 4.82. The van der Waals surface area contributed by atoms with Gasteiger partial charge in [0.2, 0.25) is 0 Å². The molecule has 1 saturated heterocycles. The number of piperazine rings is 1. The molecule has 0 spiro atoms. The predicted molar refractivity (Wildman–Crippen MR) is 90.1 cm³/mol. The minimum atomic E-state index is -0.000696. The molecule has 0 bridgehead atoms. The van der Waals surface area contributed by atoms with Gasteiger partial charge >= 0.3 is 0 Å². The van der Waals surface area contributed by atoms with E-state index < -0.39 is 0 Å². The van der Waals surface area contributed by atoms with Gasteiger partial charge in [0.05, 0.1) is 23.3 Å². The van der Waals surface area contributed by atoms with Crippen molar-refractivity contribution in [3.8, 4) is 0 Å².